The smallest absolute Gasteiger partial charge is 0.276 e. The van der Waals surface area contributed by atoms with Crippen LogP contribution in [0.4, 0.5) is 0 Å². The maximum absolute atomic E-state index is 12.6. The van der Waals surface area contributed by atoms with Crippen LogP contribution in [0.1, 0.15) is 50.5 Å². The fraction of sp³-hybridized carbons (Fsp3) is 0.692. The number of rotatable bonds is 2. The molecule has 0 spiro atoms. The number of halogens is 1. The van der Waals surface area contributed by atoms with E-state index in [1.807, 2.05) is 18.0 Å². The number of amides is 1. The predicted molar refractivity (Wildman–Crippen MR) is 74.5 cm³/mol. The Labute approximate surface area is 116 Å². The molecule has 5 heteroatoms. The maximum Gasteiger partial charge on any atom is 0.276 e. The van der Waals surface area contributed by atoms with Gasteiger partial charge in [0.15, 0.2) is 5.69 Å². The molecule has 2 heterocycles. The van der Waals surface area contributed by atoms with Crippen LogP contribution in [-0.4, -0.2) is 32.7 Å². The summed E-state index contributed by atoms with van der Waals surface area (Å²) < 4.78 is 2.58. The molecule has 1 fully saturated rings. The van der Waals surface area contributed by atoms with E-state index in [-0.39, 0.29) is 5.91 Å². The number of aryl methyl sites for hydroxylation is 1. The van der Waals surface area contributed by atoms with Gasteiger partial charge in [-0.3, -0.25) is 9.48 Å². The number of piperidine rings is 1. The van der Waals surface area contributed by atoms with Crippen molar-refractivity contribution in [2.24, 2.45) is 0 Å². The summed E-state index contributed by atoms with van der Waals surface area (Å²) in [6.07, 6.45) is 5.24. The molecular weight excluding hydrogens is 294 g/mol. The van der Waals surface area contributed by atoms with Crippen molar-refractivity contribution < 1.29 is 4.79 Å². The molecule has 1 aromatic rings. The summed E-state index contributed by atoms with van der Waals surface area (Å²) in [6.45, 7) is 7.04. The molecule has 1 aliphatic heterocycles. The first-order valence-electron chi connectivity index (χ1n) is 6.60. The zero-order valence-electron chi connectivity index (χ0n) is 11.2. The lowest BCUT2D eigenvalue weighted by Gasteiger charge is -2.38. The first kappa shape index (κ1) is 13.6. The van der Waals surface area contributed by atoms with Gasteiger partial charge in [0, 0.05) is 24.8 Å². The van der Waals surface area contributed by atoms with Gasteiger partial charge in [0.25, 0.3) is 5.91 Å². The van der Waals surface area contributed by atoms with Crippen LogP contribution in [0, 0.1) is 0 Å². The standard InChI is InChI=1S/C13H20BrN3O/c1-4-16-8-11(14)12(15-16)13(18)17-9(2)6-5-7-10(17)3/h8-10H,4-7H2,1-3H3/t9-,10-/m0/s1. The molecule has 0 aromatic carbocycles. The second-order valence-corrected chi connectivity index (χ2v) is 5.88. The normalized spacial score (nSPS) is 24.3. The van der Waals surface area contributed by atoms with Crippen molar-refractivity contribution in [1.82, 2.24) is 14.7 Å². The van der Waals surface area contributed by atoms with Crippen molar-refractivity contribution in [3.63, 3.8) is 0 Å². The molecule has 0 radical (unpaired) electrons. The highest BCUT2D eigenvalue weighted by Gasteiger charge is 2.31. The number of carbonyl (C=O) groups excluding carboxylic acids is 1. The first-order valence-corrected chi connectivity index (χ1v) is 7.39. The van der Waals surface area contributed by atoms with E-state index >= 15 is 0 Å². The molecule has 2 rings (SSSR count). The molecule has 100 valence electrons. The van der Waals surface area contributed by atoms with Crippen LogP contribution in [0.3, 0.4) is 0 Å². The lowest BCUT2D eigenvalue weighted by Crippen LogP contribution is -2.47. The number of carbonyl (C=O) groups is 1. The molecule has 0 unspecified atom stereocenters. The minimum atomic E-state index is 0.0498. The van der Waals surface area contributed by atoms with Crippen molar-refractivity contribution in [2.45, 2.75) is 58.7 Å². The lowest BCUT2D eigenvalue weighted by atomic mass is 9.97. The van der Waals surface area contributed by atoms with Crippen LogP contribution in [0.5, 0.6) is 0 Å². The fourth-order valence-electron chi connectivity index (χ4n) is 2.65. The Kier molecular flexibility index (Phi) is 4.10. The summed E-state index contributed by atoms with van der Waals surface area (Å²) >= 11 is 3.43. The van der Waals surface area contributed by atoms with E-state index in [4.69, 9.17) is 0 Å². The van der Waals surface area contributed by atoms with Gasteiger partial charge in [0.2, 0.25) is 0 Å². The van der Waals surface area contributed by atoms with Crippen LogP contribution in [0.15, 0.2) is 10.7 Å². The molecule has 1 amide bonds. The minimum Gasteiger partial charge on any atom is -0.332 e. The third-order valence-corrected chi connectivity index (χ3v) is 4.25. The van der Waals surface area contributed by atoms with Crippen LogP contribution in [-0.2, 0) is 6.54 Å². The molecule has 2 atom stereocenters. The predicted octanol–water partition coefficient (Wildman–Crippen LogP) is 3.07. The fourth-order valence-corrected chi connectivity index (χ4v) is 3.13. The largest absolute Gasteiger partial charge is 0.332 e. The van der Waals surface area contributed by atoms with E-state index in [1.165, 1.54) is 6.42 Å². The molecule has 1 saturated heterocycles. The number of hydrogen-bond acceptors (Lipinski definition) is 2. The van der Waals surface area contributed by atoms with E-state index in [2.05, 4.69) is 34.9 Å². The Balaban J connectivity index is 2.26. The highest BCUT2D eigenvalue weighted by atomic mass is 79.9. The second-order valence-electron chi connectivity index (χ2n) is 5.02. The lowest BCUT2D eigenvalue weighted by molar-refractivity contribution is 0.0503. The second kappa shape index (κ2) is 5.43. The highest BCUT2D eigenvalue weighted by molar-refractivity contribution is 9.10. The van der Waals surface area contributed by atoms with Crippen LogP contribution in [0.2, 0.25) is 0 Å². The molecule has 0 aliphatic carbocycles. The summed E-state index contributed by atoms with van der Waals surface area (Å²) in [4.78, 5) is 14.6. The van der Waals surface area contributed by atoms with Crippen LogP contribution >= 0.6 is 15.9 Å². The van der Waals surface area contributed by atoms with Gasteiger partial charge in [-0.2, -0.15) is 5.10 Å². The van der Waals surface area contributed by atoms with Crippen molar-refractivity contribution in [3.05, 3.63) is 16.4 Å². The third-order valence-electron chi connectivity index (χ3n) is 3.67. The van der Waals surface area contributed by atoms with E-state index in [0.717, 1.165) is 23.9 Å². The van der Waals surface area contributed by atoms with Gasteiger partial charge in [0.1, 0.15) is 0 Å². The Morgan fingerprint density at radius 2 is 2.06 bits per heavy atom. The first-order chi connectivity index (χ1) is 8.54. The van der Waals surface area contributed by atoms with E-state index < -0.39 is 0 Å². The minimum absolute atomic E-state index is 0.0498. The van der Waals surface area contributed by atoms with Gasteiger partial charge in [-0.05, 0) is 56.0 Å². The average molecular weight is 314 g/mol. The van der Waals surface area contributed by atoms with E-state index in [9.17, 15) is 4.79 Å². The Morgan fingerprint density at radius 3 is 2.56 bits per heavy atom. The van der Waals surface area contributed by atoms with Gasteiger partial charge in [-0.15, -0.1) is 0 Å². The molecular formula is C13H20BrN3O. The quantitative estimate of drug-likeness (QED) is 0.841. The monoisotopic (exact) mass is 313 g/mol. The van der Waals surface area contributed by atoms with Crippen LogP contribution < -0.4 is 0 Å². The Bertz CT molecular complexity index is 433. The number of hydrogen-bond donors (Lipinski definition) is 0. The van der Waals surface area contributed by atoms with E-state index in [0.29, 0.717) is 17.8 Å². The molecule has 18 heavy (non-hydrogen) atoms. The van der Waals surface area contributed by atoms with Gasteiger partial charge < -0.3 is 4.90 Å². The zero-order valence-corrected chi connectivity index (χ0v) is 12.8. The summed E-state index contributed by atoms with van der Waals surface area (Å²) in [5, 5.41) is 4.35. The highest BCUT2D eigenvalue weighted by Crippen LogP contribution is 2.26. The SMILES string of the molecule is CCn1cc(Br)c(C(=O)N2[C@@H](C)CCC[C@@H]2C)n1. The van der Waals surface area contributed by atoms with E-state index in [1.54, 1.807) is 4.68 Å². The summed E-state index contributed by atoms with van der Waals surface area (Å²) in [6, 6.07) is 0.611. The van der Waals surface area contributed by atoms with Gasteiger partial charge >= 0.3 is 0 Å². The van der Waals surface area contributed by atoms with Crippen molar-refractivity contribution >= 4 is 21.8 Å². The third kappa shape index (κ3) is 2.46. The summed E-state index contributed by atoms with van der Waals surface area (Å²) in [7, 11) is 0. The zero-order chi connectivity index (χ0) is 13.3. The molecule has 1 aromatic heterocycles. The maximum atomic E-state index is 12.6. The molecule has 0 saturated carbocycles. The average Bonchev–Trinajstić information content (AvgIpc) is 2.70. The van der Waals surface area contributed by atoms with Gasteiger partial charge in [0.05, 0.1) is 4.47 Å². The number of nitrogens with zero attached hydrogens (tertiary/aromatic N) is 3. The topological polar surface area (TPSA) is 38.1 Å². The number of likely N-dealkylation sites (tertiary alicyclic amines) is 1. The Hall–Kier alpha value is -0.840. The van der Waals surface area contributed by atoms with Crippen LogP contribution in [0.25, 0.3) is 0 Å². The number of aromatic nitrogens is 2. The van der Waals surface area contributed by atoms with Gasteiger partial charge in [-0.25, -0.2) is 0 Å². The molecule has 0 N–H and O–H groups in total. The van der Waals surface area contributed by atoms with Crippen molar-refractivity contribution in [3.8, 4) is 0 Å². The summed E-state index contributed by atoms with van der Waals surface area (Å²) in [5.74, 6) is 0.0498. The van der Waals surface area contributed by atoms with Crippen molar-refractivity contribution in [2.75, 3.05) is 0 Å². The molecule has 0 bridgehead atoms. The Morgan fingerprint density at radius 1 is 1.44 bits per heavy atom. The summed E-state index contributed by atoms with van der Waals surface area (Å²) in [5.41, 5.74) is 0.539. The molecule has 1 aliphatic rings. The van der Waals surface area contributed by atoms with Crippen molar-refractivity contribution in [1.29, 1.82) is 0 Å². The molecule has 4 nitrogen and oxygen atoms in total. The van der Waals surface area contributed by atoms with Gasteiger partial charge in [-0.1, -0.05) is 0 Å².